The molecule has 1 heterocycles. The summed E-state index contributed by atoms with van der Waals surface area (Å²) in [7, 11) is 0. The van der Waals surface area contributed by atoms with Gasteiger partial charge in [0.2, 0.25) is 0 Å². The van der Waals surface area contributed by atoms with Crippen LogP contribution in [0.4, 0.5) is 14.6 Å². The molecule has 0 aliphatic heterocycles. The Labute approximate surface area is 191 Å². The number of anilines is 1. The lowest BCUT2D eigenvalue weighted by Gasteiger charge is -2.43. The number of rotatable bonds is 8. The second kappa shape index (κ2) is 9.13. The number of aliphatic hydroxyl groups excluding tert-OH is 1. The molecule has 0 amide bonds. The van der Waals surface area contributed by atoms with Gasteiger partial charge in [0.25, 0.3) is 0 Å². The summed E-state index contributed by atoms with van der Waals surface area (Å²) in [6, 6.07) is 14.1. The predicted octanol–water partition coefficient (Wildman–Crippen LogP) is 4.26. The van der Waals surface area contributed by atoms with Crippen molar-refractivity contribution in [2.75, 3.05) is 11.9 Å². The number of nitrogens with zero attached hydrogens (tertiary/aromatic N) is 2. The molecule has 0 bridgehead atoms. The minimum atomic E-state index is -1.07. The number of benzene rings is 2. The SMILES string of the molecule is CC(C)(O)CNC(O)c1ccc(F)c(-c2ccc(NC3(c4ccc(F)cc4)CCC3)nn2)c1. The average Bonchev–Trinajstić information content (AvgIpc) is 2.76. The highest BCUT2D eigenvalue weighted by atomic mass is 19.1. The zero-order valence-corrected chi connectivity index (χ0v) is 18.6. The van der Waals surface area contributed by atoms with Crippen molar-refractivity contribution in [2.45, 2.75) is 50.5 Å². The molecule has 2 aromatic carbocycles. The number of aliphatic hydroxyl groups is 2. The molecular formula is C25H28F2N4O2. The van der Waals surface area contributed by atoms with Gasteiger partial charge in [0.05, 0.1) is 16.8 Å². The van der Waals surface area contributed by atoms with Gasteiger partial charge in [0, 0.05) is 12.1 Å². The topological polar surface area (TPSA) is 90.3 Å². The van der Waals surface area contributed by atoms with E-state index in [1.807, 2.05) is 0 Å². The molecule has 0 spiro atoms. The van der Waals surface area contributed by atoms with Crippen LogP contribution in [0.3, 0.4) is 0 Å². The number of nitrogens with one attached hydrogen (secondary N) is 2. The molecule has 33 heavy (non-hydrogen) atoms. The summed E-state index contributed by atoms with van der Waals surface area (Å²) in [6.07, 6.45) is 1.78. The minimum Gasteiger partial charge on any atom is -0.389 e. The van der Waals surface area contributed by atoms with E-state index >= 15 is 0 Å². The van der Waals surface area contributed by atoms with Gasteiger partial charge < -0.3 is 15.5 Å². The summed E-state index contributed by atoms with van der Waals surface area (Å²) in [5.41, 5.74) is 0.679. The lowest BCUT2D eigenvalue weighted by Crippen LogP contribution is -2.42. The monoisotopic (exact) mass is 454 g/mol. The van der Waals surface area contributed by atoms with Crippen LogP contribution in [-0.2, 0) is 5.54 Å². The van der Waals surface area contributed by atoms with E-state index in [1.165, 1.54) is 30.3 Å². The van der Waals surface area contributed by atoms with Crippen LogP contribution in [0.1, 0.15) is 50.5 Å². The summed E-state index contributed by atoms with van der Waals surface area (Å²) >= 11 is 0. The van der Waals surface area contributed by atoms with Crippen LogP contribution < -0.4 is 10.6 Å². The van der Waals surface area contributed by atoms with Crippen LogP contribution in [0.25, 0.3) is 11.3 Å². The van der Waals surface area contributed by atoms with Gasteiger partial charge in [-0.05, 0) is 80.6 Å². The van der Waals surface area contributed by atoms with E-state index in [-0.39, 0.29) is 23.5 Å². The molecule has 4 rings (SSSR count). The van der Waals surface area contributed by atoms with Crippen LogP contribution in [0.15, 0.2) is 54.6 Å². The molecule has 1 aliphatic rings. The van der Waals surface area contributed by atoms with Crippen molar-refractivity contribution >= 4 is 5.82 Å². The molecule has 1 fully saturated rings. The van der Waals surface area contributed by atoms with Crippen LogP contribution in [0, 0.1) is 11.6 Å². The highest BCUT2D eigenvalue weighted by Gasteiger charge is 2.39. The summed E-state index contributed by atoms with van der Waals surface area (Å²) in [5, 5.41) is 34.9. The fourth-order valence-corrected chi connectivity index (χ4v) is 3.95. The van der Waals surface area contributed by atoms with Crippen molar-refractivity contribution in [1.82, 2.24) is 15.5 Å². The van der Waals surface area contributed by atoms with Gasteiger partial charge in [-0.3, -0.25) is 5.32 Å². The van der Waals surface area contributed by atoms with Crippen molar-refractivity contribution < 1.29 is 19.0 Å². The molecule has 1 atom stereocenters. The van der Waals surface area contributed by atoms with E-state index in [0.29, 0.717) is 17.1 Å². The summed E-state index contributed by atoms with van der Waals surface area (Å²) in [4.78, 5) is 0. The zero-order valence-electron chi connectivity index (χ0n) is 18.6. The molecule has 3 aromatic rings. The maximum absolute atomic E-state index is 14.5. The van der Waals surface area contributed by atoms with Gasteiger partial charge in [-0.25, -0.2) is 8.78 Å². The van der Waals surface area contributed by atoms with Crippen LogP contribution >= 0.6 is 0 Å². The van der Waals surface area contributed by atoms with E-state index in [1.54, 1.807) is 38.1 Å². The van der Waals surface area contributed by atoms with Crippen LogP contribution in [0.2, 0.25) is 0 Å². The fourth-order valence-electron chi connectivity index (χ4n) is 3.95. The molecule has 174 valence electrons. The third-order valence-corrected chi connectivity index (χ3v) is 5.95. The Morgan fingerprint density at radius 3 is 2.33 bits per heavy atom. The van der Waals surface area contributed by atoms with Crippen molar-refractivity contribution in [1.29, 1.82) is 0 Å². The van der Waals surface area contributed by atoms with E-state index in [4.69, 9.17) is 0 Å². The van der Waals surface area contributed by atoms with Gasteiger partial charge in [-0.1, -0.05) is 18.2 Å². The Balaban J connectivity index is 1.51. The van der Waals surface area contributed by atoms with E-state index in [9.17, 15) is 19.0 Å². The van der Waals surface area contributed by atoms with Crippen LogP contribution in [0.5, 0.6) is 0 Å². The molecule has 1 aliphatic carbocycles. The largest absolute Gasteiger partial charge is 0.389 e. The molecule has 4 N–H and O–H groups in total. The maximum atomic E-state index is 14.5. The second-order valence-corrected chi connectivity index (χ2v) is 9.21. The van der Waals surface area contributed by atoms with Gasteiger partial charge >= 0.3 is 0 Å². The number of hydrogen-bond acceptors (Lipinski definition) is 6. The van der Waals surface area contributed by atoms with Crippen molar-refractivity contribution in [3.05, 3.63) is 77.4 Å². The zero-order chi connectivity index (χ0) is 23.6. The smallest absolute Gasteiger partial charge is 0.149 e. The Morgan fingerprint density at radius 2 is 1.76 bits per heavy atom. The first-order valence-corrected chi connectivity index (χ1v) is 11.0. The van der Waals surface area contributed by atoms with Gasteiger partial charge in [-0.15, -0.1) is 10.2 Å². The molecular weight excluding hydrogens is 426 g/mol. The first-order valence-electron chi connectivity index (χ1n) is 11.0. The molecule has 1 aromatic heterocycles. The molecule has 6 nitrogen and oxygen atoms in total. The number of halogens is 2. The number of hydrogen-bond donors (Lipinski definition) is 4. The minimum absolute atomic E-state index is 0.164. The lowest BCUT2D eigenvalue weighted by atomic mass is 9.72. The normalized spacial score (nSPS) is 16.2. The second-order valence-electron chi connectivity index (χ2n) is 9.21. The first kappa shape index (κ1) is 23.2. The predicted molar refractivity (Wildman–Crippen MR) is 122 cm³/mol. The third kappa shape index (κ3) is 5.35. The molecule has 0 saturated heterocycles. The Morgan fingerprint density at radius 1 is 1.03 bits per heavy atom. The lowest BCUT2D eigenvalue weighted by molar-refractivity contribution is 0.0495. The first-order chi connectivity index (χ1) is 15.7. The quantitative estimate of drug-likeness (QED) is 0.380. The standard InChI is InChI=1S/C25H28F2N4O2/c1-24(2,33)15-28-23(32)16-4-9-20(27)19(14-16)21-10-11-22(31-30-21)29-25(12-3-13-25)17-5-7-18(26)8-6-17/h4-11,14,23,28,32-33H,3,12-13,15H2,1-2H3,(H,29,31). The summed E-state index contributed by atoms with van der Waals surface area (Å²) < 4.78 is 27.9. The van der Waals surface area contributed by atoms with Gasteiger partial charge in [0.1, 0.15) is 23.7 Å². The highest BCUT2D eigenvalue weighted by molar-refractivity contribution is 5.62. The molecule has 1 saturated carbocycles. The Kier molecular flexibility index (Phi) is 6.43. The summed E-state index contributed by atoms with van der Waals surface area (Å²) in [5.74, 6) is -0.210. The van der Waals surface area contributed by atoms with Crippen molar-refractivity contribution in [3.8, 4) is 11.3 Å². The third-order valence-electron chi connectivity index (χ3n) is 5.95. The highest BCUT2D eigenvalue weighted by Crippen LogP contribution is 2.43. The van der Waals surface area contributed by atoms with E-state index in [2.05, 4.69) is 20.8 Å². The number of aromatic nitrogens is 2. The molecule has 1 unspecified atom stereocenters. The Bertz CT molecular complexity index is 1090. The van der Waals surface area contributed by atoms with Gasteiger partial charge in [-0.2, -0.15) is 0 Å². The molecule has 8 heteroatoms. The molecule has 0 radical (unpaired) electrons. The fraction of sp³-hybridized carbons (Fsp3) is 0.360. The van der Waals surface area contributed by atoms with Gasteiger partial charge in [0.15, 0.2) is 0 Å². The van der Waals surface area contributed by atoms with Crippen molar-refractivity contribution in [3.63, 3.8) is 0 Å². The van der Waals surface area contributed by atoms with Crippen molar-refractivity contribution in [2.24, 2.45) is 0 Å². The Hall–Kier alpha value is -2.94. The average molecular weight is 455 g/mol. The van der Waals surface area contributed by atoms with E-state index < -0.39 is 17.6 Å². The van der Waals surface area contributed by atoms with E-state index in [0.717, 1.165) is 24.8 Å². The maximum Gasteiger partial charge on any atom is 0.149 e. The van der Waals surface area contributed by atoms with Crippen LogP contribution in [-0.4, -0.2) is 32.6 Å². The summed E-state index contributed by atoms with van der Waals surface area (Å²) in [6.45, 7) is 3.41.